The van der Waals surface area contributed by atoms with E-state index < -0.39 is 5.91 Å². The Hall–Kier alpha value is -2.29. The van der Waals surface area contributed by atoms with E-state index in [1.165, 1.54) is 12.4 Å². The molecule has 4 N–H and O–H groups in total. The van der Waals surface area contributed by atoms with Crippen molar-refractivity contribution in [3.8, 4) is 0 Å². The van der Waals surface area contributed by atoms with Crippen LogP contribution >= 0.6 is 23.2 Å². The summed E-state index contributed by atoms with van der Waals surface area (Å²) in [6.07, 6.45) is 1.42. The molecule has 0 atom stereocenters. The summed E-state index contributed by atoms with van der Waals surface area (Å²) >= 11 is 11.9. The number of hydrogen-bond donors (Lipinski definition) is 3. The van der Waals surface area contributed by atoms with Crippen LogP contribution in [0, 0.1) is 0 Å². The number of hydrogen-bond acceptors (Lipinski definition) is 7. The summed E-state index contributed by atoms with van der Waals surface area (Å²) in [5, 5.41) is 0.712. The zero-order valence-corrected chi connectivity index (χ0v) is 16.4. The van der Waals surface area contributed by atoms with Crippen LogP contribution in [0.5, 0.6) is 0 Å². The van der Waals surface area contributed by atoms with Crippen molar-refractivity contribution in [2.24, 2.45) is 0 Å². The molecule has 27 heavy (non-hydrogen) atoms. The van der Waals surface area contributed by atoms with Crippen LogP contribution in [-0.4, -0.2) is 53.5 Å². The largest absolute Gasteiger partial charge is 0.393 e. The standard InChI is InChI=1S/C17H21Cl2N7O/c1-2-25-5-7-26(8-6-25)16-14(20)15(21-10-22-16)23-24-17(27)12-4-3-11(18)9-13(12)19/h3-4,9-10H,2,5-8,20H2,1H3,(H,24,27)(H,21,22,23). The number of aromatic nitrogens is 2. The number of nitrogens with one attached hydrogen (secondary N) is 2. The Labute approximate surface area is 167 Å². The zero-order valence-electron chi connectivity index (χ0n) is 14.9. The lowest BCUT2D eigenvalue weighted by molar-refractivity contribution is 0.0962. The highest BCUT2D eigenvalue weighted by atomic mass is 35.5. The first-order valence-corrected chi connectivity index (χ1v) is 9.34. The first kappa shape index (κ1) is 19.5. The third-order valence-corrected chi connectivity index (χ3v) is 5.00. The van der Waals surface area contributed by atoms with E-state index >= 15 is 0 Å². The van der Waals surface area contributed by atoms with Gasteiger partial charge in [-0.15, -0.1) is 0 Å². The number of benzene rings is 1. The fourth-order valence-corrected chi connectivity index (χ4v) is 3.37. The van der Waals surface area contributed by atoms with Crippen LogP contribution in [0.3, 0.4) is 0 Å². The van der Waals surface area contributed by atoms with E-state index in [9.17, 15) is 4.79 Å². The maximum atomic E-state index is 12.3. The molecular weight excluding hydrogens is 389 g/mol. The van der Waals surface area contributed by atoms with Crippen LogP contribution < -0.4 is 21.5 Å². The van der Waals surface area contributed by atoms with Crippen molar-refractivity contribution in [3.05, 3.63) is 40.1 Å². The Morgan fingerprint density at radius 2 is 1.96 bits per heavy atom. The molecule has 1 fully saturated rings. The number of hydrazine groups is 1. The number of carbonyl (C=O) groups is 1. The van der Waals surface area contributed by atoms with Gasteiger partial charge in [0.25, 0.3) is 5.91 Å². The van der Waals surface area contributed by atoms with Crippen LogP contribution in [0.2, 0.25) is 10.0 Å². The van der Waals surface area contributed by atoms with E-state index in [2.05, 4.69) is 37.5 Å². The highest BCUT2D eigenvalue weighted by Crippen LogP contribution is 2.26. The van der Waals surface area contributed by atoms with Gasteiger partial charge in [-0.3, -0.25) is 15.6 Å². The molecule has 0 bridgehead atoms. The van der Waals surface area contributed by atoms with Crippen LogP contribution in [0.1, 0.15) is 17.3 Å². The first-order valence-electron chi connectivity index (χ1n) is 8.58. The minimum absolute atomic E-state index is 0.256. The molecule has 8 nitrogen and oxygen atoms in total. The normalized spacial score (nSPS) is 14.9. The molecular formula is C17H21Cl2N7O. The van der Waals surface area contributed by atoms with Gasteiger partial charge in [-0.1, -0.05) is 30.1 Å². The minimum Gasteiger partial charge on any atom is -0.393 e. The van der Waals surface area contributed by atoms with E-state index in [4.69, 9.17) is 28.9 Å². The molecule has 2 heterocycles. The molecule has 1 aromatic heterocycles. The SMILES string of the molecule is CCN1CCN(c2ncnc(NNC(=O)c3ccc(Cl)cc3Cl)c2N)CC1. The highest BCUT2D eigenvalue weighted by molar-refractivity contribution is 6.36. The van der Waals surface area contributed by atoms with Gasteiger partial charge in [0.15, 0.2) is 11.6 Å². The van der Waals surface area contributed by atoms with Crippen molar-refractivity contribution in [2.45, 2.75) is 6.92 Å². The molecule has 2 aromatic rings. The first-order chi connectivity index (χ1) is 13.0. The third kappa shape index (κ3) is 4.52. The number of halogens is 2. The maximum absolute atomic E-state index is 12.3. The van der Waals surface area contributed by atoms with Gasteiger partial charge in [0.2, 0.25) is 0 Å². The average Bonchev–Trinajstić information content (AvgIpc) is 2.67. The van der Waals surface area contributed by atoms with Crippen LogP contribution in [-0.2, 0) is 0 Å². The number of rotatable bonds is 5. The fraction of sp³-hybridized carbons (Fsp3) is 0.353. The Kier molecular flexibility index (Phi) is 6.20. The molecule has 0 spiro atoms. The Bertz CT molecular complexity index is 825. The lowest BCUT2D eigenvalue weighted by atomic mass is 10.2. The van der Waals surface area contributed by atoms with Crippen LogP contribution in [0.25, 0.3) is 0 Å². The summed E-state index contributed by atoms with van der Waals surface area (Å²) in [5.41, 5.74) is 12.2. The summed E-state index contributed by atoms with van der Waals surface area (Å²) in [6, 6.07) is 4.64. The Balaban J connectivity index is 1.68. The van der Waals surface area contributed by atoms with Gasteiger partial charge in [-0.05, 0) is 24.7 Å². The van der Waals surface area contributed by atoms with E-state index in [-0.39, 0.29) is 10.6 Å². The Morgan fingerprint density at radius 3 is 2.63 bits per heavy atom. The average molecular weight is 410 g/mol. The third-order valence-electron chi connectivity index (χ3n) is 4.45. The van der Waals surface area contributed by atoms with Gasteiger partial charge in [-0.25, -0.2) is 9.97 Å². The molecule has 10 heteroatoms. The number of amides is 1. The molecule has 1 aliphatic heterocycles. The van der Waals surface area contributed by atoms with Crippen molar-refractivity contribution >= 4 is 46.4 Å². The molecule has 144 valence electrons. The molecule has 0 aliphatic carbocycles. The maximum Gasteiger partial charge on any atom is 0.271 e. The number of nitrogens with two attached hydrogens (primary N) is 1. The smallest absolute Gasteiger partial charge is 0.271 e. The van der Waals surface area contributed by atoms with Crippen molar-refractivity contribution < 1.29 is 4.79 Å². The molecule has 0 unspecified atom stereocenters. The number of anilines is 3. The van der Waals surface area contributed by atoms with E-state index in [0.717, 1.165) is 32.7 Å². The molecule has 1 aromatic carbocycles. The summed E-state index contributed by atoms with van der Waals surface area (Å²) in [4.78, 5) is 25.2. The molecule has 1 aliphatic rings. The molecule has 0 saturated carbocycles. The van der Waals surface area contributed by atoms with Gasteiger partial charge >= 0.3 is 0 Å². The summed E-state index contributed by atoms with van der Waals surface area (Å²) in [6.45, 7) is 6.75. The summed E-state index contributed by atoms with van der Waals surface area (Å²) in [5.74, 6) is 0.561. The monoisotopic (exact) mass is 409 g/mol. The van der Waals surface area contributed by atoms with Gasteiger partial charge in [0, 0.05) is 31.2 Å². The second-order valence-electron chi connectivity index (χ2n) is 6.08. The van der Waals surface area contributed by atoms with Crippen molar-refractivity contribution in [2.75, 3.05) is 48.8 Å². The van der Waals surface area contributed by atoms with E-state index in [1.807, 2.05) is 0 Å². The number of carbonyl (C=O) groups excluding carboxylic acids is 1. The van der Waals surface area contributed by atoms with Gasteiger partial charge in [0.05, 0.1) is 10.6 Å². The molecule has 3 rings (SSSR count). The second-order valence-corrected chi connectivity index (χ2v) is 6.93. The van der Waals surface area contributed by atoms with Crippen molar-refractivity contribution in [1.29, 1.82) is 0 Å². The number of piperazine rings is 1. The van der Waals surface area contributed by atoms with E-state index in [0.29, 0.717) is 22.3 Å². The van der Waals surface area contributed by atoms with Crippen molar-refractivity contribution in [3.63, 3.8) is 0 Å². The second kappa shape index (κ2) is 8.60. The predicted octanol–water partition coefficient (Wildman–Crippen LogP) is 2.26. The lowest BCUT2D eigenvalue weighted by Gasteiger charge is -2.35. The number of likely N-dealkylation sites (N-methyl/N-ethyl adjacent to an activating group) is 1. The van der Waals surface area contributed by atoms with Gasteiger partial charge < -0.3 is 15.5 Å². The number of nitrogen functional groups attached to an aromatic ring is 1. The van der Waals surface area contributed by atoms with Gasteiger partial charge in [-0.2, -0.15) is 0 Å². The Morgan fingerprint density at radius 1 is 1.22 bits per heavy atom. The number of nitrogens with zero attached hydrogens (tertiary/aromatic N) is 4. The summed E-state index contributed by atoms with van der Waals surface area (Å²) in [7, 11) is 0. The van der Waals surface area contributed by atoms with E-state index in [1.54, 1.807) is 12.1 Å². The molecule has 1 amide bonds. The van der Waals surface area contributed by atoms with Gasteiger partial charge in [0.1, 0.15) is 12.0 Å². The lowest BCUT2D eigenvalue weighted by Crippen LogP contribution is -2.46. The quantitative estimate of drug-likeness (QED) is 0.651. The summed E-state index contributed by atoms with van der Waals surface area (Å²) < 4.78 is 0. The molecule has 0 radical (unpaired) electrons. The molecule has 1 saturated heterocycles. The van der Waals surface area contributed by atoms with Crippen LogP contribution in [0.15, 0.2) is 24.5 Å². The van der Waals surface area contributed by atoms with Crippen LogP contribution in [0.4, 0.5) is 17.3 Å². The fourth-order valence-electron chi connectivity index (χ4n) is 2.87. The topological polar surface area (TPSA) is 99.4 Å². The highest BCUT2D eigenvalue weighted by Gasteiger charge is 2.20. The van der Waals surface area contributed by atoms with Crippen molar-refractivity contribution in [1.82, 2.24) is 20.3 Å². The predicted molar refractivity (Wildman–Crippen MR) is 108 cm³/mol. The zero-order chi connectivity index (χ0) is 19.4. The minimum atomic E-state index is -0.423.